The standard InChI is InChI=1S/C10H19O/c1-10(2,8-11)9-6-4-3-5-7-9/h9H,3-8H2,1-2H3. The molecule has 1 aliphatic rings. The second-order valence-electron chi connectivity index (χ2n) is 4.47. The van der Waals surface area contributed by atoms with Gasteiger partial charge in [0.25, 0.3) is 0 Å². The highest BCUT2D eigenvalue weighted by Gasteiger charge is 2.30. The first-order valence-electron chi connectivity index (χ1n) is 4.75. The van der Waals surface area contributed by atoms with Crippen LogP contribution in [0.3, 0.4) is 0 Å². The fraction of sp³-hybridized carbons (Fsp3) is 1.00. The van der Waals surface area contributed by atoms with E-state index < -0.39 is 0 Å². The molecule has 0 spiro atoms. The Bertz CT molecular complexity index is 112. The Morgan fingerprint density at radius 3 is 2.18 bits per heavy atom. The van der Waals surface area contributed by atoms with Gasteiger partial charge in [-0.1, -0.05) is 33.1 Å². The van der Waals surface area contributed by atoms with Gasteiger partial charge in [-0.05, 0) is 24.2 Å². The Morgan fingerprint density at radius 1 is 1.18 bits per heavy atom. The van der Waals surface area contributed by atoms with E-state index in [1.165, 1.54) is 32.1 Å². The van der Waals surface area contributed by atoms with Crippen LogP contribution in [0.25, 0.3) is 0 Å². The third-order valence-corrected chi connectivity index (χ3v) is 3.08. The molecule has 65 valence electrons. The summed E-state index contributed by atoms with van der Waals surface area (Å²) in [4.78, 5) is 0. The number of rotatable bonds is 2. The maximum absolute atomic E-state index is 10.9. The molecule has 11 heavy (non-hydrogen) atoms. The normalized spacial score (nSPS) is 22.1. The lowest BCUT2D eigenvalue weighted by Gasteiger charge is -2.34. The molecule has 0 unspecified atom stereocenters. The van der Waals surface area contributed by atoms with Crippen LogP contribution in [0.2, 0.25) is 0 Å². The molecular formula is C10H19O. The van der Waals surface area contributed by atoms with E-state index in [-0.39, 0.29) is 12.0 Å². The van der Waals surface area contributed by atoms with E-state index in [2.05, 4.69) is 13.8 Å². The van der Waals surface area contributed by atoms with Crippen molar-refractivity contribution in [3.8, 4) is 0 Å². The Labute approximate surface area is 69.8 Å². The van der Waals surface area contributed by atoms with Crippen LogP contribution in [0.15, 0.2) is 0 Å². The maximum atomic E-state index is 10.9. The summed E-state index contributed by atoms with van der Waals surface area (Å²) in [7, 11) is 0. The van der Waals surface area contributed by atoms with Crippen LogP contribution in [-0.2, 0) is 5.11 Å². The minimum atomic E-state index is 0.0560. The zero-order chi connectivity index (χ0) is 8.32. The van der Waals surface area contributed by atoms with E-state index in [0.29, 0.717) is 5.92 Å². The van der Waals surface area contributed by atoms with Crippen molar-refractivity contribution >= 4 is 0 Å². The summed E-state index contributed by atoms with van der Waals surface area (Å²) in [6.07, 6.45) is 6.64. The van der Waals surface area contributed by atoms with Gasteiger partial charge in [0.15, 0.2) is 0 Å². The van der Waals surface area contributed by atoms with E-state index in [0.717, 1.165) is 0 Å². The largest absolute Gasteiger partial charge is 0.236 e. The molecule has 0 saturated heterocycles. The summed E-state index contributed by atoms with van der Waals surface area (Å²) in [5.41, 5.74) is 0.0560. The van der Waals surface area contributed by atoms with Gasteiger partial charge in [0.05, 0.1) is 6.61 Å². The quantitative estimate of drug-likeness (QED) is 0.584. The summed E-state index contributed by atoms with van der Waals surface area (Å²) >= 11 is 0. The van der Waals surface area contributed by atoms with Gasteiger partial charge >= 0.3 is 0 Å². The first-order chi connectivity index (χ1) is 5.17. The lowest BCUT2D eigenvalue weighted by molar-refractivity contribution is 0.0333. The van der Waals surface area contributed by atoms with Crippen LogP contribution >= 0.6 is 0 Å². The van der Waals surface area contributed by atoms with Gasteiger partial charge in [-0.25, -0.2) is 5.11 Å². The second-order valence-corrected chi connectivity index (χ2v) is 4.47. The average molecular weight is 155 g/mol. The van der Waals surface area contributed by atoms with E-state index in [1.54, 1.807) is 0 Å². The second kappa shape index (κ2) is 3.57. The van der Waals surface area contributed by atoms with Crippen molar-refractivity contribution in [3.63, 3.8) is 0 Å². The van der Waals surface area contributed by atoms with Crippen molar-refractivity contribution in [3.05, 3.63) is 0 Å². The monoisotopic (exact) mass is 155 g/mol. The Kier molecular flexibility index (Phi) is 2.94. The predicted molar refractivity (Wildman–Crippen MR) is 45.9 cm³/mol. The van der Waals surface area contributed by atoms with Crippen molar-refractivity contribution in [1.29, 1.82) is 0 Å². The highest BCUT2D eigenvalue weighted by atomic mass is 16.3. The molecule has 1 rings (SSSR count). The molecule has 1 fully saturated rings. The van der Waals surface area contributed by atoms with E-state index in [4.69, 9.17) is 0 Å². The molecule has 0 amide bonds. The minimum Gasteiger partial charge on any atom is -0.236 e. The SMILES string of the molecule is CC(C)(C[O])C1CCCCC1. The molecule has 0 N–H and O–H groups in total. The highest BCUT2D eigenvalue weighted by Crippen LogP contribution is 2.37. The highest BCUT2D eigenvalue weighted by molar-refractivity contribution is 4.79. The Balaban J connectivity index is 2.43. The van der Waals surface area contributed by atoms with E-state index in [9.17, 15) is 5.11 Å². The van der Waals surface area contributed by atoms with E-state index >= 15 is 0 Å². The lowest BCUT2D eigenvalue weighted by Crippen LogP contribution is -2.29. The molecule has 0 heterocycles. The van der Waals surface area contributed by atoms with Crippen LogP contribution in [0.5, 0.6) is 0 Å². The molecule has 0 atom stereocenters. The number of hydrogen-bond acceptors (Lipinski definition) is 0. The molecule has 0 aliphatic heterocycles. The molecule has 0 aromatic carbocycles. The molecule has 1 heteroatoms. The third-order valence-electron chi connectivity index (χ3n) is 3.08. The lowest BCUT2D eigenvalue weighted by atomic mass is 9.72. The molecule has 1 nitrogen and oxygen atoms in total. The summed E-state index contributed by atoms with van der Waals surface area (Å²) in [5.74, 6) is 0.703. The average Bonchev–Trinajstić information content (AvgIpc) is 2.06. The van der Waals surface area contributed by atoms with Gasteiger partial charge in [0.2, 0.25) is 0 Å². The van der Waals surface area contributed by atoms with Crippen LogP contribution in [0.4, 0.5) is 0 Å². The Morgan fingerprint density at radius 2 is 1.73 bits per heavy atom. The first kappa shape index (κ1) is 9.05. The topological polar surface area (TPSA) is 19.9 Å². The van der Waals surface area contributed by atoms with Crippen molar-refractivity contribution in [1.82, 2.24) is 0 Å². The van der Waals surface area contributed by atoms with Crippen molar-refractivity contribution < 1.29 is 5.11 Å². The molecular weight excluding hydrogens is 136 g/mol. The van der Waals surface area contributed by atoms with Crippen molar-refractivity contribution in [2.24, 2.45) is 11.3 Å². The van der Waals surface area contributed by atoms with Crippen LogP contribution < -0.4 is 0 Å². The van der Waals surface area contributed by atoms with Crippen LogP contribution in [-0.4, -0.2) is 6.61 Å². The van der Waals surface area contributed by atoms with E-state index in [1.807, 2.05) is 0 Å². The molecule has 1 radical (unpaired) electrons. The predicted octanol–water partition coefficient (Wildman–Crippen LogP) is 3.02. The van der Waals surface area contributed by atoms with Crippen molar-refractivity contribution in [2.75, 3.05) is 6.61 Å². The van der Waals surface area contributed by atoms with Crippen molar-refractivity contribution in [2.45, 2.75) is 46.0 Å². The third kappa shape index (κ3) is 2.19. The van der Waals surface area contributed by atoms with Crippen LogP contribution in [0.1, 0.15) is 46.0 Å². The summed E-state index contributed by atoms with van der Waals surface area (Å²) < 4.78 is 0. The first-order valence-corrected chi connectivity index (χ1v) is 4.75. The molecule has 1 aliphatic carbocycles. The fourth-order valence-corrected chi connectivity index (χ4v) is 2.00. The van der Waals surface area contributed by atoms with Gasteiger partial charge in [-0.2, -0.15) is 0 Å². The fourth-order valence-electron chi connectivity index (χ4n) is 2.00. The van der Waals surface area contributed by atoms with Gasteiger partial charge in [0.1, 0.15) is 0 Å². The maximum Gasteiger partial charge on any atom is 0.0875 e. The smallest absolute Gasteiger partial charge is 0.0875 e. The summed E-state index contributed by atoms with van der Waals surface area (Å²) in [6.45, 7) is 4.34. The molecule has 0 bridgehead atoms. The Hall–Kier alpha value is -0.0400. The van der Waals surface area contributed by atoms with Gasteiger partial charge in [-0.3, -0.25) is 0 Å². The zero-order valence-corrected chi connectivity index (χ0v) is 7.73. The van der Waals surface area contributed by atoms with Gasteiger partial charge < -0.3 is 0 Å². The molecule has 1 saturated carbocycles. The van der Waals surface area contributed by atoms with Crippen LogP contribution in [0, 0.1) is 11.3 Å². The summed E-state index contributed by atoms with van der Waals surface area (Å²) in [5, 5.41) is 10.9. The van der Waals surface area contributed by atoms with Gasteiger partial charge in [-0.15, -0.1) is 0 Å². The molecule has 0 aromatic rings. The van der Waals surface area contributed by atoms with Gasteiger partial charge in [0, 0.05) is 0 Å². The number of hydrogen-bond donors (Lipinski definition) is 0. The zero-order valence-electron chi connectivity index (χ0n) is 7.73. The minimum absolute atomic E-state index is 0.0560. The summed E-state index contributed by atoms with van der Waals surface area (Å²) in [6, 6.07) is 0. The molecule has 0 aromatic heterocycles.